The first-order chi connectivity index (χ1) is 5.16. The van der Waals surface area contributed by atoms with Crippen molar-refractivity contribution in [3.63, 3.8) is 0 Å². The van der Waals surface area contributed by atoms with Crippen molar-refractivity contribution in [2.45, 2.75) is 13.0 Å². The molecule has 1 rings (SSSR count). The second-order valence-corrected chi connectivity index (χ2v) is 2.45. The van der Waals surface area contributed by atoms with Gasteiger partial charge in [-0.2, -0.15) is 0 Å². The lowest BCUT2D eigenvalue weighted by atomic mass is 10.1. The van der Waals surface area contributed by atoms with Crippen LogP contribution in [0.2, 0.25) is 0 Å². The molecule has 0 radical (unpaired) electrons. The molecule has 0 aromatic rings. The lowest BCUT2D eigenvalue weighted by Crippen LogP contribution is -2.25. The van der Waals surface area contributed by atoms with E-state index in [4.69, 9.17) is 4.74 Å². The number of ether oxygens (including phenoxy) is 2. The molecular weight excluding hydrogens is 148 g/mol. The van der Waals surface area contributed by atoms with Crippen molar-refractivity contribution in [2.75, 3.05) is 13.7 Å². The highest BCUT2D eigenvalue weighted by Crippen LogP contribution is 2.15. The summed E-state index contributed by atoms with van der Waals surface area (Å²) in [5, 5.41) is 0. The number of methoxy groups -OCH3 is 1. The highest BCUT2D eigenvalue weighted by atomic mass is 16.5. The van der Waals surface area contributed by atoms with E-state index in [1.165, 1.54) is 7.11 Å². The molecule has 1 fully saturated rings. The molecule has 4 heteroatoms. The topological polar surface area (TPSA) is 52.6 Å². The van der Waals surface area contributed by atoms with Crippen molar-refractivity contribution in [3.05, 3.63) is 0 Å². The zero-order chi connectivity index (χ0) is 8.43. The van der Waals surface area contributed by atoms with E-state index in [9.17, 15) is 9.59 Å². The van der Waals surface area contributed by atoms with Crippen LogP contribution in [0.4, 0.5) is 0 Å². The highest BCUT2D eigenvalue weighted by Gasteiger charge is 2.37. The molecule has 1 aliphatic heterocycles. The fourth-order valence-corrected chi connectivity index (χ4v) is 1.01. The minimum atomic E-state index is -0.699. The molecule has 0 saturated carbocycles. The van der Waals surface area contributed by atoms with Gasteiger partial charge >= 0.3 is 5.97 Å². The molecule has 0 aliphatic carbocycles. The molecule has 1 aliphatic rings. The summed E-state index contributed by atoms with van der Waals surface area (Å²) < 4.78 is 9.36. The number of Topliss-reactive ketones (excluding diaryl/α,β-unsaturated/α-hetero) is 1. The van der Waals surface area contributed by atoms with Gasteiger partial charge in [-0.25, -0.2) is 0 Å². The third kappa shape index (κ3) is 1.40. The van der Waals surface area contributed by atoms with Crippen molar-refractivity contribution < 1.29 is 19.1 Å². The summed E-state index contributed by atoms with van der Waals surface area (Å²) in [6, 6.07) is 0. The van der Waals surface area contributed by atoms with E-state index in [0.717, 1.165) is 0 Å². The van der Waals surface area contributed by atoms with Crippen molar-refractivity contribution >= 4 is 11.8 Å². The third-order valence-electron chi connectivity index (χ3n) is 1.74. The van der Waals surface area contributed by atoms with Gasteiger partial charge in [0.25, 0.3) is 0 Å². The number of rotatable bonds is 1. The second kappa shape index (κ2) is 3.00. The van der Waals surface area contributed by atoms with E-state index in [2.05, 4.69) is 4.74 Å². The molecule has 2 atom stereocenters. The van der Waals surface area contributed by atoms with Crippen molar-refractivity contribution in [3.8, 4) is 0 Å². The van der Waals surface area contributed by atoms with Gasteiger partial charge in [-0.3, -0.25) is 9.59 Å². The van der Waals surface area contributed by atoms with E-state index in [1.807, 2.05) is 0 Å². The average Bonchev–Trinajstić information content (AvgIpc) is 2.32. The SMILES string of the molecule is COC(=O)C1CO[C@@H](C)C1=O. The fraction of sp³-hybridized carbons (Fsp3) is 0.714. The molecule has 0 amide bonds. The van der Waals surface area contributed by atoms with Crippen LogP contribution in [0.1, 0.15) is 6.92 Å². The number of hydrogen-bond acceptors (Lipinski definition) is 4. The number of carbonyl (C=O) groups excluding carboxylic acids is 2. The van der Waals surface area contributed by atoms with Crippen LogP contribution in [-0.4, -0.2) is 31.6 Å². The molecule has 0 aromatic heterocycles. The molecule has 0 N–H and O–H groups in total. The van der Waals surface area contributed by atoms with Gasteiger partial charge in [0.05, 0.1) is 13.7 Å². The van der Waals surface area contributed by atoms with Gasteiger partial charge in [0.15, 0.2) is 5.78 Å². The molecule has 1 saturated heterocycles. The summed E-state index contributed by atoms with van der Waals surface area (Å²) in [5.41, 5.74) is 0. The zero-order valence-corrected chi connectivity index (χ0v) is 6.49. The predicted octanol–water partition coefficient (Wildman–Crippen LogP) is -0.237. The fourth-order valence-electron chi connectivity index (χ4n) is 1.01. The summed E-state index contributed by atoms with van der Waals surface area (Å²) >= 11 is 0. The van der Waals surface area contributed by atoms with Gasteiger partial charge in [-0.05, 0) is 6.92 Å². The predicted molar refractivity (Wildman–Crippen MR) is 35.9 cm³/mol. The minimum absolute atomic E-state index is 0.159. The Hall–Kier alpha value is -0.900. The zero-order valence-electron chi connectivity index (χ0n) is 6.49. The Morgan fingerprint density at radius 1 is 1.73 bits per heavy atom. The van der Waals surface area contributed by atoms with Crippen LogP contribution in [-0.2, 0) is 19.1 Å². The molecule has 11 heavy (non-hydrogen) atoms. The van der Waals surface area contributed by atoms with Crippen LogP contribution >= 0.6 is 0 Å². The maximum Gasteiger partial charge on any atom is 0.318 e. The maximum absolute atomic E-state index is 11.1. The van der Waals surface area contributed by atoms with Crippen molar-refractivity contribution in [1.82, 2.24) is 0 Å². The Morgan fingerprint density at radius 2 is 2.36 bits per heavy atom. The van der Waals surface area contributed by atoms with Crippen LogP contribution in [0.15, 0.2) is 0 Å². The quantitative estimate of drug-likeness (QED) is 0.390. The summed E-state index contributed by atoms with van der Waals surface area (Å²) in [5.74, 6) is -1.38. The largest absolute Gasteiger partial charge is 0.468 e. The summed E-state index contributed by atoms with van der Waals surface area (Å²) in [6.07, 6.45) is -0.459. The van der Waals surface area contributed by atoms with E-state index in [1.54, 1.807) is 6.92 Å². The minimum Gasteiger partial charge on any atom is -0.468 e. The van der Waals surface area contributed by atoms with Crippen LogP contribution in [0.25, 0.3) is 0 Å². The first-order valence-electron chi connectivity index (χ1n) is 3.40. The number of ketones is 1. The second-order valence-electron chi connectivity index (χ2n) is 2.45. The molecule has 0 aromatic carbocycles. The first kappa shape index (κ1) is 8.20. The van der Waals surface area contributed by atoms with Gasteiger partial charge < -0.3 is 9.47 Å². The molecule has 62 valence electrons. The van der Waals surface area contributed by atoms with Crippen LogP contribution in [0, 0.1) is 5.92 Å². The van der Waals surface area contributed by atoms with Gasteiger partial charge in [-0.15, -0.1) is 0 Å². The van der Waals surface area contributed by atoms with E-state index < -0.39 is 18.0 Å². The van der Waals surface area contributed by atoms with E-state index >= 15 is 0 Å². The summed E-state index contributed by atoms with van der Waals surface area (Å²) in [6.45, 7) is 1.79. The highest BCUT2D eigenvalue weighted by molar-refractivity contribution is 6.02. The van der Waals surface area contributed by atoms with Gasteiger partial charge in [0.1, 0.15) is 12.0 Å². The normalized spacial score (nSPS) is 30.5. The Labute approximate surface area is 64.5 Å². The molecule has 4 nitrogen and oxygen atoms in total. The average molecular weight is 158 g/mol. The Kier molecular flexibility index (Phi) is 2.24. The molecule has 1 unspecified atom stereocenters. The molecule has 1 heterocycles. The lowest BCUT2D eigenvalue weighted by Gasteiger charge is -2.01. The number of esters is 1. The Morgan fingerprint density at radius 3 is 2.73 bits per heavy atom. The summed E-state index contributed by atoms with van der Waals surface area (Å²) in [7, 11) is 1.26. The Balaban J connectivity index is 2.62. The summed E-state index contributed by atoms with van der Waals surface area (Å²) in [4.78, 5) is 21.9. The van der Waals surface area contributed by atoms with E-state index in [-0.39, 0.29) is 12.4 Å². The van der Waals surface area contributed by atoms with E-state index in [0.29, 0.717) is 0 Å². The molecule has 0 bridgehead atoms. The lowest BCUT2D eigenvalue weighted by molar-refractivity contribution is -0.147. The smallest absolute Gasteiger partial charge is 0.318 e. The van der Waals surface area contributed by atoms with Crippen LogP contribution < -0.4 is 0 Å². The third-order valence-corrected chi connectivity index (χ3v) is 1.74. The molecular formula is C7H10O4. The monoisotopic (exact) mass is 158 g/mol. The number of hydrogen-bond donors (Lipinski definition) is 0. The van der Waals surface area contributed by atoms with Gasteiger partial charge in [0, 0.05) is 0 Å². The number of carbonyl (C=O) groups is 2. The van der Waals surface area contributed by atoms with Gasteiger partial charge in [-0.1, -0.05) is 0 Å². The maximum atomic E-state index is 11.1. The van der Waals surface area contributed by atoms with Crippen molar-refractivity contribution in [1.29, 1.82) is 0 Å². The van der Waals surface area contributed by atoms with Gasteiger partial charge in [0.2, 0.25) is 0 Å². The first-order valence-corrected chi connectivity index (χ1v) is 3.40. The van der Waals surface area contributed by atoms with Crippen LogP contribution in [0.5, 0.6) is 0 Å². The standard InChI is InChI=1S/C7H10O4/c1-4-6(8)5(3-11-4)7(9)10-2/h4-5H,3H2,1-2H3/t4-,5?/m0/s1. The van der Waals surface area contributed by atoms with Crippen molar-refractivity contribution in [2.24, 2.45) is 5.92 Å². The molecule has 0 spiro atoms. The van der Waals surface area contributed by atoms with Crippen LogP contribution in [0.3, 0.4) is 0 Å². The Bertz CT molecular complexity index is 187.